The quantitative estimate of drug-likeness (QED) is 0.506. The number of nitrogens with zero attached hydrogens (tertiary/aromatic N) is 1. The first-order valence-corrected chi connectivity index (χ1v) is 8.41. The van der Waals surface area contributed by atoms with Gasteiger partial charge in [0.25, 0.3) is 0 Å². The van der Waals surface area contributed by atoms with Crippen molar-refractivity contribution in [3.8, 4) is 5.75 Å². The van der Waals surface area contributed by atoms with E-state index in [1.54, 1.807) is 6.21 Å². The lowest BCUT2D eigenvalue weighted by Crippen LogP contribution is -2.11. The van der Waals surface area contributed by atoms with E-state index in [-0.39, 0.29) is 5.41 Å². The summed E-state index contributed by atoms with van der Waals surface area (Å²) in [6.07, 6.45) is 1.76. The molecule has 0 radical (unpaired) electrons. The molecule has 2 rings (SSSR count). The van der Waals surface area contributed by atoms with Gasteiger partial charge in [0.2, 0.25) is 0 Å². The summed E-state index contributed by atoms with van der Waals surface area (Å²) in [5.41, 5.74) is 4.86. The van der Waals surface area contributed by atoms with Gasteiger partial charge in [-0.3, -0.25) is 4.99 Å². The van der Waals surface area contributed by atoms with Crippen LogP contribution in [0.2, 0.25) is 0 Å². The molecule has 116 valence electrons. The Bertz CT molecular complexity index is 704. The fourth-order valence-electron chi connectivity index (χ4n) is 2.51. The van der Waals surface area contributed by atoms with E-state index in [9.17, 15) is 5.11 Å². The Morgan fingerprint density at radius 2 is 1.68 bits per heavy atom. The summed E-state index contributed by atoms with van der Waals surface area (Å²) in [5, 5.41) is 10.5. The molecule has 0 saturated heterocycles. The van der Waals surface area contributed by atoms with Crippen LogP contribution in [0.25, 0.3) is 0 Å². The van der Waals surface area contributed by atoms with Crippen LogP contribution < -0.4 is 0 Å². The van der Waals surface area contributed by atoms with Crippen molar-refractivity contribution >= 4 is 34.5 Å². The molecular weight excluding hydrogens is 385 g/mol. The van der Waals surface area contributed by atoms with Crippen molar-refractivity contribution in [2.75, 3.05) is 0 Å². The molecule has 0 atom stereocenters. The molecule has 2 aromatic carbocycles. The molecule has 0 heterocycles. The van der Waals surface area contributed by atoms with Crippen molar-refractivity contribution in [1.82, 2.24) is 0 Å². The molecule has 0 saturated carbocycles. The Hall–Kier alpha value is -1.36. The van der Waals surface area contributed by atoms with E-state index in [0.717, 1.165) is 27.9 Å². The second-order valence-corrected chi connectivity index (χ2v) is 7.89. The van der Waals surface area contributed by atoms with Crippen LogP contribution >= 0.6 is 22.6 Å². The molecule has 2 aromatic rings. The molecule has 0 unspecified atom stereocenters. The third-order valence-electron chi connectivity index (χ3n) is 3.66. The third kappa shape index (κ3) is 3.69. The first-order valence-electron chi connectivity index (χ1n) is 7.33. The molecule has 0 aliphatic heterocycles. The van der Waals surface area contributed by atoms with Crippen molar-refractivity contribution in [3.63, 3.8) is 0 Å². The molecule has 0 fully saturated rings. The summed E-state index contributed by atoms with van der Waals surface area (Å²) >= 11 is 2.31. The minimum Gasteiger partial charge on any atom is -0.507 e. The van der Waals surface area contributed by atoms with E-state index in [1.807, 2.05) is 18.2 Å². The molecule has 0 bridgehead atoms. The van der Waals surface area contributed by atoms with Gasteiger partial charge in [0.1, 0.15) is 5.75 Å². The Balaban J connectivity index is 2.44. The standard InChI is InChI=1S/C19H22INO/c1-12-9-15(20)10-13(2)17(12)21-11-14-7-6-8-16(18(14)22)19(3,4)5/h6-11,22H,1-5H3. The maximum atomic E-state index is 10.5. The Morgan fingerprint density at radius 1 is 1.09 bits per heavy atom. The summed E-state index contributed by atoms with van der Waals surface area (Å²) in [6.45, 7) is 10.4. The van der Waals surface area contributed by atoms with E-state index in [1.165, 1.54) is 3.57 Å². The lowest BCUT2D eigenvalue weighted by Gasteiger charge is -2.21. The van der Waals surface area contributed by atoms with E-state index >= 15 is 0 Å². The maximum Gasteiger partial charge on any atom is 0.128 e. The summed E-state index contributed by atoms with van der Waals surface area (Å²) in [5.74, 6) is 0.319. The number of phenolic OH excluding ortho intramolecular Hbond substituents is 1. The third-order valence-corrected chi connectivity index (χ3v) is 4.29. The molecule has 0 aromatic heterocycles. The highest BCUT2D eigenvalue weighted by Crippen LogP contribution is 2.33. The largest absolute Gasteiger partial charge is 0.507 e. The van der Waals surface area contributed by atoms with Gasteiger partial charge in [0, 0.05) is 15.3 Å². The zero-order chi connectivity index (χ0) is 16.5. The lowest BCUT2D eigenvalue weighted by atomic mass is 9.85. The number of para-hydroxylation sites is 1. The Kier molecular flexibility index (Phi) is 4.95. The summed E-state index contributed by atoms with van der Waals surface area (Å²) in [4.78, 5) is 4.61. The predicted octanol–water partition coefficient (Wildman–Crippen LogP) is 5.66. The number of benzene rings is 2. The van der Waals surface area contributed by atoms with Crippen LogP contribution in [0.15, 0.2) is 35.3 Å². The predicted molar refractivity (Wildman–Crippen MR) is 103 cm³/mol. The lowest BCUT2D eigenvalue weighted by molar-refractivity contribution is 0.446. The van der Waals surface area contributed by atoms with Gasteiger partial charge in [0.05, 0.1) is 5.69 Å². The monoisotopic (exact) mass is 407 g/mol. The first kappa shape index (κ1) is 17.0. The Morgan fingerprint density at radius 3 is 2.23 bits per heavy atom. The van der Waals surface area contributed by atoms with Crippen LogP contribution in [0.4, 0.5) is 5.69 Å². The minimum absolute atomic E-state index is 0.0946. The number of aliphatic imine (C=N–C) groups is 1. The molecule has 0 aliphatic rings. The minimum atomic E-state index is -0.0946. The summed E-state index contributed by atoms with van der Waals surface area (Å²) in [7, 11) is 0. The summed E-state index contributed by atoms with van der Waals surface area (Å²) < 4.78 is 1.21. The molecular formula is C19H22INO. The van der Waals surface area contributed by atoms with Gasteiger partial charge in [-0.15, -0.1) is 0 Å². The highest BCUT2D eigenvalue weighted by atomic mass is 127. The Labute approximate surface area is 146 Å². The average Bonchev–Trinajstić information content (AvgIpc) is 2.37. The zero-order valence-corrected chi connectivity index (χ0v) is 15.9. The molecule has 1 N–H and O–H groups in total. The highest BCUT2D eigenvalue weighted by Gasteiger charge is 2.19. The van der Waals surface area contributed by atoms with Gasteiger partial charge >= 0.3 is 0 Å². The van der Waals surface area contributed by atoms with Crippen LogP contribution in [-0.4, -0.2) is 11.3 Å². The van der Waals surface area contributed by atoms with Crippen LogP contribution in [0, 0.1) is 17.4 Å². The number of halogens is 1. The SMILES string of the molecule is Cc1cc(I)cc(C)c1N=Cc1cccc(C(C)(C)C)c1O. The van der Waals surface area contributed by atoms with Crippen LogP contribution in [-0.2, 0) is 5.41 Å². The fourth-order valence-corrected chi connectivity index (χ4v) is 3.45. The smallest absolute Gasteiger partial charge is 0.128 e. The molecule has 0 aliphatic carbocycles. The maximum absolute atomic E-state index is 10.5. The van der Waals surface area contributed by atoms with E-state index in [0.29, 0.717) is 5.75 Å². The van der Waals surface area contributed by atoms with Crippen molar-refractivity contribution in [2.24, 2.45) is 4.99 Å². The number of hydrogen-bond acceptors (Lipinski definition) is 2. The fraction of sp³-hybridized carbons (Fsp3) is 0.316. The number of phenols is 1. The summed E-state index contributed by atoms with van der Waals surface area (Å²) in [6, 6.07) is 10.1. The van der Waals surface area contributed by atoms with Crippen LogP contribution in [0.3, 0.4) is 0 Å². The second-order valence-electron chi connectivity index (χ2n) is 6.64. The molecule has 3 heteroatoms. The van der Waals surface area contributed by atoms with Crippen molar-refractivity contribution in [1.29, 1.82) is 0 Å². The van der Waals surface area contributed by atoms with Gasteiger partial charge in [0.15, 0.2) is 0 Å². The molecule has 2 nitrogen and oxygen atoms in total. The second kappa shape index (κ2) is 6.41. The van der Waals surface area contributed by atoms with Gasteiger partial charge in [-0.1, -0.05) is 32.9 Å². The number of aromatic hydroxyl groups is 1. The van der Waals surface area contributed by atoms with E-state index in [2.05, 4.69) is 74.3 Å². The average molecular weight is 407 g/mol. The van der Waals surface area contributed by atoms with Crippen molar-refractivity contribution in [3.05, 3.63) is 56.2 Å². The van der Waals surface area contributed by atoms with Gasteiger partial charge in [-0.25, -0.2) is 0 Å². The van der Waals surface area contributed by atoms with E-state index in [4.69, 9.17) is 0 Å². The number of aryl methyl sites for hydroxylation is 2. The van der Waals surface area contributed by atoms with Crippen LogP contribution in [0.1, 0.15) is 43.0 Å². The van der Waals surface area contributed by atoms with Gasteiger partial charge < -0.3 is 5.11 Å². The zero-order valence-electron chi connectivity index (χ0n) is 13.7. The number of rotatable bonds is 2. The van der Waals surface area contributed by atoms with Crippen molar-refractivity contribution < 1.29 is 5.11 Å². The molecule has 22 heavy (non-hydrogen) atoms. The number of hydrogen-bond donors (Lipinski definition) is 1. The normalized spacial score (nSPS) is 12.1. The molecule has 0 spiro atoms. The van der Waals surface area contributed by atoms with Gasteiger partial charge in [-0.2, -0.15) is 0 Å². The van der Waals surface area contributed by atoms with E-state index < -0.39 is 0 Å². The highest BCUT2D eigenvalue weighted by molar-refractivity contribution is 14.1. The first-order chi connectivity index (χ1) is 10.2. The molecule has 0 amide bonds. The topological polar surface area (TPSA) is 32.6 Å². The van der Waals surface area contributed by atoms with Crippen LogP contribution in [0.5, 0.6) is 5.75 Å². The van der Waals surface area contributed by atoms with Gasteiger partial charge in [-0.05, 0) is 76.7 Å². The van der Waals surface area contributed by atoms with Crippen molar-refractivity contribution in [2.45, 2.75) is 40.0 Å².